The van der Waals surface area contributed by atoms with Gasteiger partial charge in [-0.1, -0.05) is 32.9 Å². The predicted molar refractivity (Wildman–Crippen MR) is 165 cm³/mol. The van der Waals surface area contributed by atoms with Crippen LogP contribution in [0.5, 0.6) is 0 Å². The molecule has 1 aliphatic carbocycles. The normalized spacial score (nSPS) is 17.5. The van der Waals surface area contributed by atoms with Gasteiger partial charge in [0.05, 0.1) is 12.5 Å². The number of carboxylic acid groups (broad SMARTS) is 1. The van der Waals surface area contributed by atoms with Crippen molar-refractivity contribution in [1.29, 1.82) is 0 Å². The van der Waals surface area contributed by atoms with Crippen molar-refractivity contribution in [2.45, 2.75) is 72.8 Å². The van der Waals surface area contributed by atoms with Gasteiger partial charge in [-0.05, 0) is 98.7 Å². The molecule has 9 heteroatoms. The molecule has 228 valence electrons. The molecule has 1 saturated carbocycles. The van der Waals surface area contributed by atoms with Gasteiger partial charge in [0.1, 0.15) is 0 Å². The second-order valence-corrected chi connectivity index (χ2v) is 12.1. The van der Waals surface area contributed by atoms with Gasteiger partial charge in [0.25, 0.3) is 11.8 Å². The van der Waals surface area contributed by atoms with Gasteiger partial charge >= 0.3 is 12.0 Å². The molecule has 0 saturated heterocycles. The van der Waals surface area contributed by atoms with E-state index in [0.717, 1.165) is 31.2 Å². The fourth-order valence-corrected chi connectivity index (χ4v) is 5.72. The Balaban J connectivity index is 1.73. The van der Waals surface area contributed by atoms with Gasteiger partial charge in [0.15, 0.2) is 0 Å². The van der Waals surface area contributed by atoms with Crippen LogP contribution >= 0.6 is 0 Å². The number of hydrogen-bond donors (Lipinski definition) is 4. The first-order valence-corrected chi connectivity index (χ1v) is 15.0. The van der Waals surface area contributed by atoms with Gasteiger partial charge in [-0.2, -0.15) is 0 Å². The molecule has 4 N–H and O–H groups in total. The van der Waals surface area contributed by atoms with Crippen LogP contribution in [0, 0.1) is 17.3 Å². The van der Waals surface area contributed by atoms with Crippen molar-refractivity contribution in [1.82, 2.24) is 15.5 Å². The molecule has 0 radical (unpaired) electrons. The van der Waals surface area contributed by atoms with E-state index in [-0.39, 0.29) is 48.2 Å². The van der Waals surface area contributed by atoms with Crippen molar-refractivity contribution < 1.29 is 24.3 Å². The van der Waals surface area contributed by atoms with Crippen LogP contribution in [0.2, 0.25) is 0 Å². The van der Waals surface area contributed by atoms with Crippen LogP contribution in [0.4, 0.5) is 10.5 Å². The van der Waals surface area contributed by atoms with Gasteiger partial charge in [0, 0.05) is 36.4 Å². The van der Waals surface area contributed by atoms with Crippen LogP contribution in [-0.2, 0) is 4.79 Å². The SMILES string of the molecule is CCN(CC)C(=O)c1ccc(NC(=O)NC(c2ccc(C(=O)NCCC(=O)O)cc2)[C@H]2CC[C@H](C(C)(C)C)CC2)cc1. The van der Waals surface area contributed by atoms with Crippen LogP contribution in [-0.4, -0.2) is 53.5 Å². The minimum atomic E-state index is -0.969. The molecule has 9 nitrogen and oxygen atoms in total. The summed E-state index contributed by atoms with van der Waals surface area (Å²) < 4.78 is 0. The summed E-state index contributed by atoms with van der Waals surface area (Å²) in [6.07, 6.45) is 3.98. The zero-order valence-corrected chi connectivity index (χ0v) is 25.5. The highest BCUT2D eigenvalue weighted by molar-refractivity contribution is 5.96. The third-order valence-corrected chi connectivity index (χ3v) is 8.35. The number of hydrogen-bond acceptors (Lipinski definition) is 4. The van der Waals surface area contributed by atoms with E-state index in [1.807, 2.05) is 26.0 Å². The molecule has 0 heterocycles. The van der Waals surface area contributed by atoms with E-state index < -0.39 is 5.97 Å². The van der Waals surface area contributed by atoms with E-state index in [0.29, 0.717) is 35.8 Å². The largest absolute Gasteiger partial charge is 0.481 e. The molecule has 2 aromatic rings. The number of nitrogens with zero attached hydrogens (tertiary/aromatic N) is 1. The maximum absolute atomic E-state index is 13.2. The molecule has 4 amide bonds. The van der Waals surface area contributed by atoms with E-state index in [1.165, 1.54) is 0 Å². The van der Waals surface area contributed by atoms with Crippen molar-refractivity contribution in [3.8, 4) is 0 Å². The molecule has 1 atom stereocenters. The Labute approximate surface area is 249 Å². The van der Waals surface area contributed by atoms with Gasteiger partial charge in [-0.3, -0.25) is 14.4 Å². The summed E-state index contributed by atoms with van der Waals surface area (Å²) >= 11 is 0. The van der Waals surface area contributed by atoms with E-state index >= 15 is 0 Å². The topological polar surface area (TPSA) is 128 Å². The standard InChI is InChI=1S/C33H46N4O5/c1-6-37(7-2)31(41)25-14-18-27(19-15-25)35-32(42)36-29(23-12-16-26(17-13-23)33(3,4)5)22-8-10-24(11-9-22)30(40)34-21-20-28(38)39/h8-11,14-15,18-19,23,26,29H,6-7,12-13,16-17,20-21H2,1-5H3,(H,34,40)(H,38,39)(H2,35,36,42)/t23-,26-,29?. The minimum absolute atomic E-state index is 0.0408. The van der Waals surface area contributed by atoms with E-state index in [9.17, 15) is 19.2 Å². The fourth-order valence-electron chi connectivity index (χ4n) is 5.72. The summed E-state index contributed by atoms with van der Waals surface area (Å²) in [5.41, 5.74) is 2.74. The Bertz CT molecular complexity index is 1210. The molecule has 3 rings (SSSR count). The smallest absolute Gasteiger partial charge is 0.319 e. The molecule has 0 bridgehead atoms. The Morgan fingerprint density at radius 2 is 1.45 bits per heavy atom. The minimum Gasteiger partial charge on any atom is -0.481 e. The number of anilines is 1. The molecule has 0 aliphatic heterocycles. The van der Waals surface area contributed by atoms with Crippen LogP contribution in [0.25, 0.3) is 0 Å². The molecule has 42 heavy (non-hydrogen) atoms. The maximum atomic E-state index is 13.2. The Morgan fingerprint density at radius 1 is 0.881 bits per heavy atom. The van der Waals surface area contributed by atoms with Crippen molar-refractivity contribution in [2.75, 3.05) is 25.0 Å². The second kappa shape index (κ2) is 14.8. The highest BCUT2D eigenvalue weighted by Crippen LogP contribution is 2.43. The lowest BCUT2D eigenvalue weighted by molar-refractivity contribution is -0.136. The molecule has 1 fully saturated rings. The molecule has 1 aliphatic rings. The van der Waals surface area contributed by atoms with Crippen LogP contribution in [0.1, 0.15) is 99.0 Å². The van der Waals surface area contributed by atoms with Crippen LogP contribution in [0.15, 0.2) is 48.5 Å². The lowest BCUT2D eigenvalue weighted by Crippen LogP contribution is -2.38. The van der Waals surface area contributed by atoms with Crippen LogP contribution < -0.4 is 16.0 Å². The molecule has 2 aromatic carbocycles. The number of nitrogens with one attached hydrogen (secondary N) is 3. The van der Waals surface area contributed by atoms with Crippen molar-refractivity contribution in [2.24, 2.45) is 17.3 Å². The second-order valence-electron chi connectivity index (χ2n) is 12.1. The lowest BCUT2D eigenvalue weighted by Gasteiger charge is -2.39. The number of benzene rings is 2. The summed E-state index contributed by atoms with van der Waals surface area (Å²) in [6.45, 7) is 12.0. The quantitative estimate of drug-likeness (QED) is 0.257. The first-order chi connectivity index (χ1) is 19.9. The van der Waals surface area contributed by atoms with E-state index in [2.05, 4.69) is 36.7 Å². The summed E-state index contributed by atoms with van der Waals surface area (Å²) in [5.74, 6) is -0.487. The Hall–Kier alpha value is -3.88. The van der Waals surface area contributed by atoms with Gasteiger partial charge < -0.3 is 26.0 Å². The predicted octanol–water partition coefficient (Wildman–Crippen LogP) is 6.09. The van der Waals surface area contributed by atoms with Crippen molar-refractivity contribution in [3.63, 3.8) is 0 Å². The number of carbonyl (C=O) groups is 4. The van der Waals surface area contributed by atoms with E-state index in [1.54, 1.807) is 41.3 Å². The van der Waals surface area contributed by atoms with Gasteiger partial charge in [-0.15, -0.1) is 0 Å². The lowest BCUT2D eigenvalue weighted by atomic mass is 9.68. The third kappa shape index (κ3) is 9.06. The zero-order valence-electron chi connectivity index (χ0n) is 25.5. The molecule has 0 aromatic heterocycles. The first-order valence-electron chi connectivity index (χ1n) is 15.0. The number of amides is 4. The Kier molecular flexibility index (Phi) is 11.5. The highest BCUT2D eigenvalue weighted by atomic mass is 16.4. The Morgan fingerprint density at radius 3 is 1.98 bits per heavy atom. The average Bonchev–Trinajstić information content (AvgIpc) is 2.96. The number of carbonyl (C=O) groups excluding carboxylic acids is 3. The molecular formula is C33H46N4O5. The summed E-state index contributed by atoms with van der Waals surface area (Å²) in [4.78, 5) is 50.8. The van der Waals surface area contributed by atoms with Gasteiger partial charge in [-0.25, -0.2) is 4.79 Å². The van der Waals surface area contributed by atoms with Gasteiger partial charge in [0.2, 0.25) is 0 Å². The van der Waals surface area contributed by atoms with E-state index in [4.69, 9.17) is 5.11 Å². The summed E-state index contributed by atoms with van der Waals surface area (Å²) in [7, 11) is 0. The highest BCUT2D eigenvalue weighted by Gasteiger charge is 2.34. The third-order valence-electron chi connectivity index (χ3n) is 8.35. The summed E-state index contributed by atoms with van der Waals surface area (Å²) in [5, 5.41) is 17.5. The first kappa shape index (κ1) is 32.6. The number of carboxylic acids is 1. The number of rotatable bonds is 11. The van der Waals surface area contributed by atoms with Crippen molar-refractivity contribution in [3.05, 3.63) is 65.2 Å². The molecule has 1 unspecified atom stereocenters. The zero-order chi connectivity index (χ0) is 30.9. The molecule has 0 spiro atoms. The fraction of sp³-hybridized carbons (Fsp3) is 0.515. The average molecular weight is 579 g/mol. The summed E-state index contributed by atoms with van der Waals surface area (Å²) in [6, 6.07) is 13.5. The number of aliphatic carboxylic acids is 1. The van der Waals surface area contributed by atoms with Crippen LogP contribution in [0.3, 0.4) is 0 Å². The molecular weight excluding hydrogens is 532 g/mol. The van der Waals surface area contributed by atoms with Crippen molar-refractivity contribution >= 4 is 29.5 Å². The monoisotopic (exact) mass is 578 g/mol. The maximum Gasteiger partial charge on any atom is 0.319 e. The number of urea groups is 1.